The van der Waals surface area contributed by atoms with Crippen molar-refractivity contribution < 1.29 is 0 Å². The number of nitrogens with zero attached hydrogens (tertiary/aromatic N) is 6. The van der Waals surface area contributed by atoms with Crippen LogP contribution in [0, 0.1) is 16.9 Å². The van der Waals surface area contributed by atoms with Crippen LogP contribution < -0.4 is 16.8 Å². The van der Waals surface area contributed by atoms with Crippen molar-refractivity contribution in [2.75, 3.05) is 54.4 Å². The van der Waals surface area contributed by atoms with Gasteiger partial charge in [0.1, 0.15) is 0 Å². The molecule has 10 nitrogen and oxygen atoms in total. The van der Waals surface area contributed by atoms with Crippen LogP contribution in [0.5, 0.6) is 0 Å². The third kappa shape index (κ3) is 15.4. The zero-order chi connectivity index (χ0) is 21.4. The van der Waals surface area contributed by atoms with Crippen molar-refractivity contribution in [3.8, 4) is 6.19 Å². The molecule has 2 aliphatic heterocycles. The van der Waals surface area contributed by atoms with Gasteiger partial charge in [0.15, 0.2) is 5.96 Å². The smallest absolute Gasteiger partial charge is 0.221 e. The van der Waals surface area contributed by atoms with Gasteiger partial charge in [0.25, 0.3) is 0 Å². The number of halogens is 1. The molecular formula is C18H39ClN10. The molecule has 0 aromatic heterocycles. The molecule has 0 spiro atoms. The molecule has 0 atom stereocenters. The van der Waals surface area contributed by atoms with E-state index in [0.29, 0.717) is 5.96 Å². The number of hydrogen-bond acceptors (Lipinski definition) is 4. The summed E-state index contributed by atoms with van der Waals surface area (Å²) in [6, 6.07) is 0. The second-order valence-corrected chi connectivity index (χ2v) is 7.01. The maximum atomic E-state index is 7.94. The monoisotopic (exact) mass is 430 g/mol. The minimum absolute atomic E-state index is 0. The summed E-state index contributed by atoms with van der Waals surface area (Å²) >= 11 is 0. The van der Waals surface area contributed by atoms with E-state index >= 15 is 0 Å². The van der Waals surface area contributed by atoms with Gasteiger partial charge < -0.3 is 31.5 Å². The van der Waals surface area contributed by atoms with Crippen LogP contribution in [0.2, 0.25) is 0 Å². The van der Waals surface area contributed by atoms with Gasteiger partial charge in [-0.25, -0.2) is 0 Å². The van der Waals surface area contributed by atoms with Gasteiger partial charge in [-0.2, -0.15) is 10.3 Å². The molecule has 29 heavy (non-hydrogen) atoms. The second-order valence-electron chi connectivity index (χ2n) is 7.01. The standard InChI is InChI=1S/C9H19N5.C5H11N.C4H8N4.ClH/c1-13(2)8(10)12-9(11)14-6-4-3-5-7-14;1-2-4-6-5-3-1;1-8(2)4(6)7-3-5;/h3-7H2,1-2H3,(H3,10,11,12);6H,1-5H2;1-2H3,(H2,6,7);1H. The average molecular weight is 431 g/mol. The average Bonchev–Trinajstić information content (AvgIpc) is 2.71. The lowest BCUT2D eigenvalue weighted by atomic mass is 10.1. The molecule has 168 valence electrons. The van der Waals surface area contributed by atoms with Gasteiger partial charge >= 0.3 is 0 Å². The van der Waals surface area contributed by atoms with Crippen LogP contribution in [0.4, 0.5) is 0 Å². The van der Waals surface area contributed by atoms with Gasteiger partial charge in [0, 0.05) is 41.3 Å². The molecule has 6 N–H and O–H groups in total. The van der Waals surface area contributed by atoms with E-state index in [9.17, 15) is 0 Å². The topological polar surface area (TPSA) is 146 Å². The summed E-state index contributed by atoms with van der Waals surface area (Å²) in [6.45, 7) is 4.37. The van der Waals surface area contributed by atoms with Crippen molar-refractivity contribution >= 4 is 30.3 Å². The number of nitriles is 1. The lowest BCUT2D eigenvalue weighted by Crippen LogP contribution is -2.38. The van der Waals surface area contributed by atoms with E-state index < -0.39 is 0 Å². The van der Waals surface area contributed by atoms with E-state index in [-0.39, 0.29) is 24.3 Å². The Balaban J connectivity index is 0. The summed E-state index contributed by atoms with van der Waals surface area (Å²) in [5.74, 6) is 0.906. The van der Waals surface area contributed by atoms with E-state index in [1.807, 2.05) is 19.0 Å². The number of nitrogens with one attached hydrogen (secondary N) is 2. The summed E-state index contributed by atoms with van der Waals surface area (Å²) in [4.78, 5) is 12.5. The Kier molecular flexibility index (Phi) is 17.8. The van der Waals surface area contributed by atoms with Crippen LogP contribution in [0.15, 0.2) is 9.98 Å². The van der Waals surface area contributed by atoms with Gasteiger partial charge in [-0.15, -0.1) is 17.4 Å². The Hall–Kier alpha value is -2.25. The minimum atomic E-state index is 0. The zero-order valence-corrected chi connectivity index (χ0v) is 19.1. The highest BCUT2D eigenvalue weighted by atomic mass is 35.5. The number of hydrogen-bond donors (Lipinski definition) is 4. The minimum Gasteiger partial charge on any atom is -0.369 e. The molecule has 0 unspecified atom stereocenters. The van der Waals surface area contributed by atoms with Crippen molar-refractivity contribution in [2.45, 2.75) is 38.5 Å². The first-order valence-corrected chi connectivity index (χ1v) is 9.74. The molecule has 2 rings (SSSR count). The predicted octanol–water partition coefficient (Wildman–Crippen LogP) is 0.809. The summed E-state index contributed by atoms with van der Waals surface area (Å²) < 4.78 is 0. The molecule has 2 aliphatic rings. The molecular weight excluding hydrogens is 392 g/mol. The Morgan fingerprint density at radius 2 is 1.41 bits per heavy atom. The first-order valence-electron chi connectivity index (χ1n) is 9.74. The van der Waals surface area contributed by atoms with Crippen LogP contribution in [0.3, 0.4) is 0 Å². The van der Waals surface area contributed by atoms with Crippen molar-refractivity contribution in [3.05, 3.63) is 0 Å². The Morgan fingerprint density at radius 3 is 1.72 bits per heavy atom. The number of likely N-dealkylation sites (tertiary alicyclic amines) is 1. The summed E-state index contributed by atoms with van der Waals surface area (Å²) in [5, 5.41) is 19.0. The van der Waals surface area contributed by atoms with Crippen LogP contribution in [-0.4, -0.2) is 86.9 Å². The fraction of sp³-hybridized carbons (Fsp3) is 0.778. The molecule has 0 aromatic rings. The fourth-order valence-electron chi connectivity index (χ4n) is 2.34. The van der Waals surface area contributed by atoms with E-state index in [1.54, 1.807) is 30.1 Å². The lowest BCUT2D eigenvalue weighted by molar-refractivity contribution is 0.337. The number of aliphatic imine (C=N–C) groups is 2. The highest BCUT2D eigenvalue weighted by Gasteiger charge is 2.13. The van der Waals surface area contributed by atoms with E-state index in [4.69, 9.17) is 22.1 Å². The summed E-state index contributed by atoms with van der Waals surface area (Å²) in [6.07, 6.45) is 9.35. The van der Waals surface area contributed by atoms with Gasteiger partial charge in [0.05, 0.1) is 0 Å². The van der Waals surface area contributed by atoms with E-state index in [0.717, 1.165) is 25.9 Å². The first-order chi connectivity index (χ1) is 13.3. The summed E-state index contributed by atoms with van der Waals surface area (Å²) in [5.41, 5.74) is 10.8. The highest BCUT2D eigenvalue weighted by Crippen LogP contribution is 2.09. The lowest BCUT2D eigenvalue weighted by Gasteiger charge is -2.27. The fourth-order valence-corrected chi connectivity index (χ4v) is 2.34. The number of piperidine rings is 2. The third-order valence-electron chi connectivity index (χ3n) is 4.16. The van der Waals surface area contributed by atoms with Crippen LogP contribution in [0.1, 0.15) is 38.5 Å². The highest BCUT2D eigenvalue weighted by molar-refractivity contribution is 5.92. The van der Waals surface area contributed by atoms with E-state index in [2.05, 4.69) is 15.3 Å². The first kappa shape index (κ1) is 29.0. The third-order valence-corrected chi connectivity index (χ3v) is 4.16. The number of guanidine groups is 3. The molecule has 11 heteroatoms. The van der Waals surface area contributed by atoms with Crippen LogP contribution in [0.25, 0.3) is 0 Å². The van der Waals surface area contributed by atoms with Gasteiger partial charge in [-0.3, -0.25) is 5.41 Å². The molecule has 0 amide bonds. The van der Waals surface area contributed by atoms with Crippen molar-refractivity contribution in [1.82, 2.24) is 20.0 Å². The molecule has 0 aromatic carbocycles. The predicted molar refractivity (Wildman–Crippen MR) is 123 cm³/mol. The largest absolute Gasteiger partial charge is 0.369 e. The maximum Gasteiger partial charge on any atom is 0.221 e. The van der Waals surface area contributed by atoms with Gasteiger partial charge in [-0.1, -0.05) is 6.42 Å². The van der Waals surface area contributed by atoms with Gasteiger partial charge in [0.2, 0.25) is 18.1 Å². The Morgan fingerprint density at radius 1 is 0.931 bits per heavy atom. The molecule has 0 radical (unpaired) electrons. The molecule has 0 aliphatic carbocycles. The zero-order valence-electron chi connectivity index (χ0n) is 18.3. The second kappa shape index (κ2) is 17.8. The van der Waals surface area contributed by atoms with Crippen LogP contribution >= 0.6 is 12.4 Å². The molecule has 2 heterocycles. The van der Waals surface area contributed by atoms with Crippen molar-refractivity contribution in [3.63, 3.8) is 0 Å². The van der Waals surface area contributed by atoms with E-state index in [1.165, 1.54) is 38.8 Å². The van der Waals surface area contributed by atoms with Crippen LogP contribution in [-0.2, 0) is 0 Å². The van der Waals surface area contributed by atoms with Crippen molar-refractivity contribution in [1.29, 1.82) is 10.7 Å². The number of nitrogens with two attached hydrogens (primary N) is 2. The molecule has 0 saturated carbocycles. The molecule has 2 saturated heterocycles. The number of rotatable bonds is 0. The van der Waals surface area contributed by atoms with Gasteiger partial charge in [-0.05, 0) is 45.2 Å². The quantitative estimate of drug-likeness (QED) is 0.252. The normalized spacial score (nSPS) is 16.6. The SMILES string of the molecule is C1CCNCC1.CN(C)C(N)=NC#N.CN(C)C(N)=NC(=N)N1CCCCC1.Cl. The Bertz CT molecular complexity index is 518. The van der Waals surface area contributed by atoms with Crippen molar-refractivity contribution in [2.24, 2.45) is 21.5 Å². The summed E-state index contributed by atoms with van der Waals surface area (Å²) in [7, 11) is 7.08. The maximum absolute atomic E-state index is 7.94. The molecule has 2 fully saturated rings. The molecule has 0 bridgehead atoms. The Labute approximate surface area is 181 Å².